The fraction of sp³-hybridized carbons (Fsp3) is 0.409. The van der Waals surface area contributed by atoms with E-state index in [0.717, 1.165) is 22.5 Å². The quantitative estimate of drug-likeness (QED) is 0.687. The molecule has 0 saturated heterocycles. The number of amides is 2. The van der Waals surface area contributed by atoms with Crippen molar-refractivity contribution in [2.75, 3.05) is 18.9 Å². The molecule has 0 aliphatic rings. The minimum absolute atomic E-state index is 0.0454. The molecule has 29 heavy (non-hydrogen) atoms. The zero-order chi connectivity index (χ0) is 21.7. The van der Waals surface area contributed by atoms with Gasteiger partial charge in [0.25, 0.3) is 0 Å². The van der Waals surface area contributed by atoms with E-state index in [0.29, 0.717) is 23.2 Å². The second kappa shape index (κ2) is 9.74. The van der Waals surface area contributed by atoms with Crippen molar-refractivity contribution in [2.24, 2.45) is 5.92 Å². The van der Waals surface area contributed by atoms with Gasteiger partial charge in [-0.05, 0) is 43.9 Å². The number of aromatic nitrogens is 2. The Labute approximate surface area is 177 Å². The Morgan fingerprint density at radius 1 is 1.24 bits per heavy atom. The van der Waals surface area contributed by atoms with E-state index in [2.05, 4.69) is 24.3 Å². The van der Waals surface area contributed by atoms with Crippen LogP contribution < -0.4 is 5.32 Å². The van der Waals surface area contributed by atoms with Crippen LogP contribution in [0.4, 0.5) is 5.69 Å². The van der Waals surface area contributed by atoms with Crippen molar-refractivity contribution >= 4 is 35.2 Å². The second-order valence-electron chi connectivity index (χ2n) is 7.71. The summed E-state index contributed by atoms with van der Waals surface area (Å²) >= 11 is 6.40. The van der Waals surface area contributed by atoms with E-state index < -0.39 is 0 Å². The molecule has 0 radical (unpaired) electrons. The van der Waals surface area contributed by atoms with Crippen molar-refractivity contribution in [3.05, 3.63) is 51.8 Å². The molecule has 1 aromatic heterocycles. The van der Waals surface area contributed by atoms with E-state index in [4.69, 9.17) is 11.6 Å². The Kier molecular flexibility index (Phi) is 7.62. The van der Waals surface area contributed by atoms with Crippen LogP contribution in [0.2, 0.25) is 5.15 Å². The number of nitrogens with one attached hydrogen (secondary N) is 1. The first-order chi connectivity index (χ1) is 13.6. The van der Waals surface area contributed by atoms with Gasteiger partial charge >= 0.3 is 0 Å². The van der Waals surface area contributed by atoms with Crippen LogP contribution in [0.3, 0.4) is 0 Å². The van der Waals surface area contributed by atoms with Crippen LogP contribution in [0.15, 0.2) is 24.3 Å². The molecular weight excluding hydrogens is 388 g/mol. The summed E-state index contributed by atoms with van der Waals surface area (Å²) in [6.07, 6.45) is 3.08. The van der Waals surface area contributed by atoms with E-state index in [1.54, 1.807) is 17.8 Å². The van der Waals surface area contributed by atoms with Gasteiger partial charge in [-0.3, -0.25) is 14.3 Å². The standard InChI is InChI=1S/C22H29ClN4O2/c1-14(2)12-27-22(23)18(17(5)25-27)10-11-20(29)26(6)13-19(28)24-21-15(3)8-7-9-16(21)4/h7-11,14H,12-13H2,1-6H3,(H,24,28)/b11-10+. The molecule has 0 bridgehead atoms. The first-order valence-corrected chi connectivity index (χ1v) is 10.00. The highest BCUT2D eigenvalue weighted by molar-refractivity contribution is 6.31. The first kappa shape index (κ1) is 22.7. The lowest BCUT2D eigenvalue weighted by Crippen LogP contribution is -2.34. The van der Waals surface area contributed by atoms with Crippen LogP contribution in [0.5, 0.6) is 0 Å². The maximum absolute atomic E-state index is 12.4. The molecule has 7 heteroatoms. The molecule has 156 valence electrons. The predicted molar refractivity (Wildman–Crippen MR) is 118 cm³/mol. The smallest absolute Gasteiger partial charge is 0.246 e. The largest absolute Gasteiger partial charge is 0.333 e. The number of halogens is 1. The molecule has 6 nitrogen and oxygen atoms in total. The van der Waals surface area contributed by atoms with Crippen molar-refractivity contribution in [1.29, 1.82) is 0 Å². The summed E-state index contributed by atoms with van der Waals surface area (Å²) < 4.78 is 1.74. The molecule has 0 atom stereocenters. The van der Waals surface area contributed by atoms with Gasteiger partial charge in [-0.15, -0.1) is 0 Å². The van der Waals surface area contributed by atoms with Gasteiger partial charge in [-0.2, -0.15) is 5.10 Å². The summed E-state index contributed by atoms with van der Waals surface area (Å²) in [5, 5.41) is 7.83. The molecular formula is C22H29ClN4O2. The predicted octanol–water partition coefficient (Wildman–Crippen LogP) is 4.23. The number of hydrogen-bond acceptors (Lipinski definition) is 3. The molecule has 1 heterocycles. The lowest BCUT2D eigenvalue weighted by atomic mass is 10.1. The maximum atomic E-state index is 12.4. The van der Waals surface area contributed by atoms with Gasteiger partial charge < -0.3 is 10.2 Å². The molecule has 0 unspecified atom stereocenters. The van der Waals surface area contributed by atoms with Crippen LogP contribution >= 0.6 is 11.6 Å². The third-order valence-corrected chi connectivity index (χ3v) is 4.94. The van der Waals surface area contributed by atoms with Crippen LogP contribution in [0, 0.1) is 26.7 Å². The minimum Gasteiger partial charge on any atom is -0.333 e. The number of hydrogen-bond donors (Lipinski definition) is 1. The second-order valence-corrected chi connectivity index (χ2v) is 8.07. The number of carbonyl (C=O) groups excluding carboxylic acids is 2. The molecule has 0 aliphatic heterocycles. The van der Waals surface area contributed by atoms with Gasteiger partial charge in [-0.1, -0.05) is 43.6 Å². The van der Waals surface area contributed by atoms with Gasteiger partial charge in [0.1, 0.15) is 5.15 Å². The van der Waals surface area contributed by atoms with Crippen molar-refractivity contribution in [2.45, 2.75) is 41.2 Å². The Balaban J connectivity index is 2.02. The number of rotatable bonds is 7. The highest BCUT2D eigenvalue weighted by Gasteiger charge is 2.15. The van der Waals surface area contributed by atoms with Gasteiger partial charge in [-0.25, -0.2) is 0 Å². The monoisotopic (exact) mass is 416 g/mol. The van der Waals surface area contributed by atoms with Crippen LogP contribution in [-0.4, -0.2) is 40.1 Å². The number of nitrogens with zero attached hydrogens (tertiary/aromatic N) is 3. The molecule has 2 amide bonds. The van der Waals surface area contributed by atoms with E-state index in [1.165, 1.54) is 11.0 Å². The number of carbonyl (C=O) groups is 2. The number of benzene rings is 1. The van der Waals surface area contributed by atoms with Crippen LogP contribution in [-0.2, 0) is 16.1 Å². The summed E-state index contributed by atoms with van der Waals surface area (Å²) in [6.45, 7) is 10.6. The third kappa shape index (κ3) is 5.94. The SMILES string of the molecule is Cc1cccc(C)c1NC(=O)CN(C)C(=O)/C=C/c1c(C)nn(CC(C)C)c1Cl. The molecule has 1 N–H and O–H groups in total. The minimum atomic E-state index is -0.284. The normalized spacial score (nSPS) is 11.3. The highest BCUT2D eigenvalue weighted by Crippen LogP contribution is 2.22. The summed E-state index contributed by atoms with van der Waals surface area (Å²) in [7, 11) is 1.59. The topological polar surface area (TPSA) is 67.2 Å². The average Bonchev–Trinajstić information content (AvgIpc) is 2.88. The van der Waals surface area contributed by atoms with E-state index in [1.807, 2.05) is 39.0 Å². The summed E-state index contributed by atoms with van der Waals surface area (Å²) in [5.41, 5.74) is 4.23. The zero-order valence-electron chi connectivity index (χ0n) is 17.9. The van der Waals surface area contributed by atoms with Crippen LogP contribution in [0.25, 0.3) is 6.08 Å². The molecule has 2 rings (SSSR count). The van der Waals surface area contributed by atoms with E-state index in [9.17, 15) is 9.59 Å². The number of para-hydroxylation sites is 1. The fourth-order valence-corrected chi connectivity index (χ4v) is 3.30. The summed E-state index contributed by atoms with van der Waals surface area (Å²) in [4.78, 5) is 26.2. The first-order valence-electron chi connectivity index (χ1n) is 9.62. The molecule has 0 saturated carbocycles. The lowest BCUT2D eigenvalue weighted by Gasteiger charge is -2.16. The fourth-order valence-electron chi connectivity index (χ4n) is 2.99. The van der Waals surface area contributed by atoms with Gasteiger partial charge in [0.2, 0.25) is 11.8 Å². The zero-order valence-corrected chi connectivity index (χ0v) is 18.7. The Hall–Kier alpha value is -2.60. The molecule has 0 spiro atoms. The molecule has 0 fully saturated rings. The number of aryl methyl sites for hydroxylation is 3. The average molecular weight is 417 g/mol. The Bertz CT molecular complexity index is 911. The van der Waals surface area contributed by atoms with E-state index in [-0.39, 0.29) is 18.4 Å². The van der Waals surface area contributed by atoms with Crippen LogP contribution in [0.1, 0.15) is 36.2 Å². The maximum Gasteiger partial charge on any atom is 0.246 e. The highest BCUT2D eigenvalue weighted by atomic mass is 35.5. The third-order valence-electron chi connectivity index (χ3n) is 4.54. The van der Waals surface area contributed by atoms with Gasteiger partial charge in [0.15, 0.2) is 0 Å². The van der Waals surface area contributed by atoms with Gasteiger partial charge in [0.05, 0.1) is 12.2 Å². The van der Waals surface area contributed by atoms with E-state index >= 15 is 0 Å². The summed E-state index contributed by atoms with van der Waals surface area (Å²) in [5.74, 6) is -0.119. The Morgan fingerprint density at radius 3 is 2.45 bits per heavy atom. The lowest BCUT2D eigenvalue weighted by molar-refractivity contribution is -0.129. The number of anilines is 1. The van der Waals surface area contributed by atoms with Crippen molar-refractivity contribution < 1.29 is 9.59 Å². The number of likely N-dealkylation sites (N-methyl/N-ethyl adjacent to an activating group) is 1. The van der Waals surface area contributed by atoms with Crippen molar-refractivity contribution in [1.82, 2.24) is 14.7 Å². The molecule has 1 aromatic carbocycles. The van der Waals surface area contributed by atoms with Gasteiger partial charge in [0, 0.05) is 30.9 Å². The molecule has 0 aliphatic carbocycles. The summed E-state index contributed by atoms with van der Waals surface area (Å²) in [6, 6.07) is 5.81. The van der Waals surface area contributed by atoms with Crippen molar-refractivity contribution in [3.8, 4) is 0 Å². The van der Waals surface area contributed by atoms with Crippen molar-refractivity contribution in [3.63, 3.8) is 0 Å². The molecule has 2 aromatic rings. The Morgan fingerprint density at radius 2 is 1.86 bits per heavy atom.